The lowest BCUT2D eigenvalue weighted by atomic mass is 10.1. The second-order valence-electron chi connectivity index (χ2n) is 5.48. The third-order valence-corrected chi connectivity index (χ3v) is 4.62. The van der Waals surface area contributed by atoms with E-state index in [2.05, 4.69) is 10.6 Å². The van der Waals surface area contributed by atoms with Gasteiger partial charge in [0.05, 0.1) is 5.75 Å². The van der Waals surface area contributed by atoms with Crippen LogP contribution in [0.1, 0.15) is 30.8 Å². The number of hydrogen-bond donors (Lipinski definition) is 1. The first-order valence-electron chi connectivity index (χ1n) is 6.30. The molecule has 0 atom stereocenters. The highest BCUT2D eigenvalue weighted by molar-refractivity contribution is 7.94. The number of aromatic nitrogens is 2. The van der Waals surface area contributed by atoms with Crippen LogP contribution in [-0.2, 0) is 33.7 Å². The maximum absolute atomic E-state index is 13.0. The van der Waals surface area contributed by atoms with Gasteiger partial charge >= 0.3 is 6.18 Å². The second kappa shape index (κ2) is 5.24. The maximum Gasteiger partial charge on any atom is 0.435 e. The second-order valence-corrected chi connectivity index (χ2v) is 7.44. The molecule has 1 aromatic rings. The van der Waals surface area contributed by atoms with Gasteiger partial charge in [-0.05, 0) is 19.9 Å². The van der Waals surface area contributed by atoms with Gasteiger partial charge in [-0.1, -0.05) is 0 Å². The molecule has 2 rings (SSSR count). The van der Waals surface area contributed by atoms with E-state index in [1.54, 1.807) is 19.9 Å². The van der Waals surface area contributed by atoms with Gasteiger partial charge in [-0.25, -0.2) is 8.42 Å². The Morgan fingerprint density at radius 1 is 1.48 bits per heavy atom. The highest BCUT2D eigenvalue weighted by Gasteiger charge is 2.41. The third kappa shape index (κ3) is 3.32. The number of nitriles is 1. The topological polar surface area (TPSA) is 97.0 Å². The lowest BCUT2D eigenvalue weighted by molar-refractivity contribution is -0.141. The van der Waals surface area contributed by atoms with E-state index in [1.807, 2.05) is 0 Å². The van der Waals surface area contributed by atoms with Crippen LogP contribution >= 0.6 is 0 Å². The van der Waals surface area contributed by atoms with E-state index in [0.717, 1.165) is 7.05 Å². The molecule has 0 saturated carbocycles. The molecule has 0 fully saturated rings. The van der Waals surface area contributed by atoms with E-state index < -0.39 is 44.3 Å². The minimum absolute atomic E-state index is 0.344. The van der Waals surface area contributed by atoms with Crippen LogP contribution in [0, 0.1) is 11.3 Å². The van der Waals surface area contributed by atoms with E-state index in [-0.39, 0.29) is 5.03 Å². The molecular weight excluding hydrogens is 337 g/mol. The Hall–Kier alpha value is -2.06. The molecule has 126 valence electrons. The summed E-state index contributed by atoms with van der Waals surface area (Å²) in [7, 11) is -3.02. The van der Waals surface area contributed by atoms with Gasteiger partial charge in [-0.2, -0.15) is 23.5 Å². The lowest BCUT2D eigenvalue weighted by Gasteiger charge is -2.11. The number of nitrogens with one attached hydrogen (secondary N) is 1. The van der Waals surface area contributed by atoms with Crippen LogP contribution in [0.3, 0.4) is 0 Å². The standard InChI is InChI=1S/C12H13F3N4O3S/c1-11(2)4-9(18-22-11)23(20,21)6-7-8(5-16)19(3)17-10(7)12(13,14)15/h4,18H,6H2,1-3H3. The van der Waals surface area contributed by atoms with Crippen molar-refractivity contribution in [1.82, 2.24) is 15.3 Å². The summed E-state index contributed by atoms with van der Waals surface area (Å²) in [4.78, 5) is 5.01. The van der Waals surface area contributed by atoms with Crippen molar-refractivity contribution in [3.63, 3.8) is 0 Å². The molecule has 1 N–H and O–H groups in total. The van der Waals surface area contributed by atoms with Crippen molar-refractivity contribution < 1.29 is 26.4 Å². The molecule has 0 amide bonds. The van der Waals surface area contributed by atoms with E-state index in [4.69, 9.17) is 10.1 Å². The van der Waals surface area contributed by atoms with Gasteiger partial charge in [-0.3, -0.25) is 15.0 Å². The number of aryl methyl sites for hydroxylation is 1. The highest BCUT2D eigenvalue weighted by Crippen LogP contribution is 2.34. The molecule has 0 aliphatic carbocycles. The number of hydroxylamine groups is 1. The van der Waals surface area contributed by atoms with Gasteiger partial charge in [0, 0.05) is 12.6 Å². The van der Waals surface area contributed by atoms with Gasteiger partial charge in [0.1, 0.15) is 17.4 Å². The van der Waals surface area contributed by atoms with Gasteiger partial charge in [0.25, 0.3) is 0 Å². The third-order valence-electron chi connectivity index (χ3n) is 3.08. The Balaban J connectivity index is 2.51. The zero-order valence-electron chi connectivity index (χ0n) is 12.4. The van der Waals surface area contributed by atoms with Crippen molar-refractivity contribution in [2.45, 2.75) is 31.4 Å². The summed E-state index contributed by atoms with van der Waals surface area (Å²) in [6.45, 7) is 3.16. The van der Waals surface area contributed by atoms with Gasteiger partial charge in [0.2, 0.25) is 0 Å². The molecule has 23 heavy (non-hydrogen) atoms. The Bertz CT molecular complexity index is 816. The van der Waals surface area contributed by atoms with Crippen molar-refractivity contribution in [3.8, 4) is 6.07 Å². The first kappa shape index (κ1) is 17.3. The summed E-state index contributed by atoms with van der Waals surface area (Å²) in [5.74, 6) is -1.02. The minimum Gasteiger partial charge on any atom is -0.265 e. The number of hydrogen-bond acceptors (Lipinski definition) is 6. The maximum atomic E-state index is 13.0. The van der Waals surface area contributed by atoms with Crippen LogP contribution in [0.4, 0.5) is 13.2 Å². The van der Waals surface area contributed by atoms with Crippen LogP contribution in [0.5, 0.6) is 0 Å². The molecule has 1 aromatic heterocycles. The normalized spacial score (nSPS) is 17.5. The molecule has 0 spiro atoms. The Kier molecular flexibility index (Phi) is 3.94. The van der Waals surface area contributed by atoms with Gasteiger partial charge < -0.3 is 0 Å². The SMILES string of the molecule is Cn1nc(C(F)(F)F)c(CS(=O)(=O)C2=CC(C)(C)ON2)c1C#N. The number of halogens is 3. The molecule has 0 bridgehead atoms. The van der Waals surface area contributed by atoms with Gasteiger partial charge in [-0.15, -0.1) is 0 Å². The average Bonchev–Trinajstić information content (AvgIpc) is 2.89. The molecule has 11 heteroatoms. The summed E-state index contributed by atoms with van der Waals surface area (Å²) >= 11 is 0. The summed E-state index contributed by atoms with van der Waals surface area (Å²) in [6, 6.07) is 1.55. The van der Waals surface area contributed by atoms with E-state index in [9.17, 15) is 21.6 Å². The zero-order valence-corrected chi connectivity index (χ0v) is 13.2. The van der Waals surface area contributed by atoms with Crippen LogP contribution < -0.4 is 5.48 Å². The van der Waals surface area contributed by atoms with Crippen LogP contribution in [-0.4, -0.2) is 23.8 Å². The fourth-order valence-corrected chi connectivity index (χ4v) is 3.49. The first-order valence-corrected chi connectivity index (χ1v) is 7.95. The Morgan fingerprint density at radius 3 is 2.52 bits per heavy atom. The van der Waals surface area contributed by atoms with Crippen LogP contribution in [0.15, 0.2) is 11.1 Å². The van der Waals surface area contributed by atoms with Crippen molar-refractivity contribution >= 4 is 9.84 Å². The predicted molar refractivity (Wildman–Crippen MR) is 71.9 cm³/mol. The van der Waals surface area contributed by atoms with Crippen LogP contribution in [0.25, 0.3) is 0 Å². The molecule has 0 radical (unpaired) electrons. The lowest BCUT2D eigenvalue weighted by Crippen LogP contribution is -2.23. The van der Waals surface area contributed by atoms with Crippen molar-refractivity contribution in [2.24, 2.45) is 7.05 Å². The largest absolute Gasteiger partial charge is 0.435 e. The highest BCUT2D eigenvalue weighted by atomic mass is 32.2. The monoisotopic (exact) mass is 350 g/mol. The average molecular weight is 350 g/mol. The summed E-state index contributed by atoms with van der Waals surface area (Å²) in [5.41, 5.74) is -1.26. The molecule has 1 aliphatic heterocycles. The van der Waals surface area contributed by atoms with E-state index in [0.29, 0.717) is 4.68 Å². The molecule has 0 aromatic carbocycles. The molecule has 1 aliphatic rings. The fourth-order valence-electron chi connectivity index (χ4n) is 2.05. The van der Waals surface area contributed by atoms with Crippen molar-refractivity contribution in [1.29, 1.82) is 5.26 Å². The summed E-state index contributed by atoms with van der Waals surface area (Å²) in [5, 5.41) is 11.9. The molecular formula is C12H13F3N4O3S. The Morgan fingerprint density at radius 2 is 2.09 bits per heavy atom. The molecule has 0 unspecified atom stereocenters. The Labute approximate surface area is 130 Å². The summed E-state index contributed by atoms with van der Waals surface area (Å²) < 4.78 is 64.4. The number of nitrogens with zero attached hydrogens (tertiary/aromatic N) is 3. The fraction of sp³-hybridized carbons (Fsp3) is 0.500. The predicted octanol–water partition coefficient (Wildman–Crippen LogP) is 1.38. The van der Waals surface area contributed by atoms with E-state index >= 15 is 0 Å². The smallest absolute Gasteiger partial charge is 0.265 e. The number of rotatable bonds is 3. The zero-order chi connectivity index (χ0) is 17.6. The quantitative estimate of drug-likeness (QED) is 0.885. The van der Waals surface area contributed by atoms with Crippen molar-refractivity contribution in [3.05, 3.63) is 28.1 Å². The molecule has 7 nitrogen and oxygen atoms in total. The van der Waals surface area contributed by atoms with Crippen molar-refractivity contribution in [2.75, 3.05) is 0 Å². The van der Waals surface area contributed by atoms with Gasteiger partial charge in [0.15, 0.2) is 20.6 Å². The van der Waals surface area contributed by atoms with E-state index in [1.165, 1.54) is 6.08 Å². The summed E-state index contributed by atoms with van der Waals surface area (Å²) in [6.07, 6.45) is -3.62. The number of alkyl halides is 3. The first-order chi connectivity index (χ1) is 10.4. The number of sulfone groups is 1. The minimum atomic E-state index is -4.87. The molecule has 2 heterocycles. The van der Waals surface area contributed by atoms with Crippen LogP contribution in [0.2, 0.25) is 0 Å². The molecule has 0 saturated heterocycles.